The largest absolute Gasteiger partial charge is 0.455 e. The molecule has 0 saturated carbocycles. The Kier molecular flexibility index (Phi) is 7.42. The molecule has 0 N–H and O–H groups in total. The number of para-hydroxylation sites is 2. The third-order valence-electron chi connectivity index (χ3n) is 10.6. The van der Waals surface area contributed by atoms with E-state index in [0.29, 0.717) is 17.5 Å². The molecular weight excluding hydrogens is 687 g/mol. The van der Waals surface area contributed by atoms with Crippen LogP contribution in [0.15, 0.2) is 197 Å². The minimum Gasteiger partial charge on any atom is -0.455 e. The molecule has 5 heteroatoms. The van der Waals surface area contributed by atoms with Gasteiger partial charge in [-0.1, -0.05) is 152 Å². The molecule has 3 aromatic heterocycles. The lowest BCUT2D eigenvalue weighted by molar-refractivity contribution is 0.669. The summed E-state index contributed by atoms with van der Waals surface area (Å²) in [5, 5.41) is 4.20. The Labute approximate surface area is 322 Å². The zero-order valence-electron chi connectivity index (χ0n) is 30.1. The minimum atomic E-state index is 0.552. The maximum Gasteiger partial charge on any atom is 0.167 e. The second-order valence-corrected chi connectivity index (χ2v) is 14.0. The van der Waals surface area contributed by atoms with E-state index in [9.17, 15) is 0 Å². The van der Waals surface area contributed by atoms with Crippen LogP contribution in [-0.4, -0.2) is 15.0 Å². The smallest absolute Gasteiger partial charge is 0.167 e. The first-order valence-corrected chi connectivity index (χ1v) is 18.7. The van der Waals surface area contributed by atoms with Crippen molar-refractivity contribution >= 4 is 43.9 Å². The Morgan fingerprint density at radius 1 is 0.268 bits per heavy atom. The third-order valence-corrected chi connectivity index (χ3v) is 10.6. The zero-order valence-corrected chi connectivity index (χ0v) is 30.1. The highest BCUT2D eigenvalue weighted by Gasteiger charge is 2.20. The van der Waals surface area contributed by atoms with E-state index >= 15 is 0 Å². The molecule has 0 saturated heterocycles. The van der Waals surface area contributed by atoms with Gasteiger partial charge in [0, 0.05) is 38.2 Å². The van der Waals surface area contributed by atoms with Gasteiger partial charge in [-0.2, -0.15) is 0 Å². The Bertz CT molecular complexity index is 3220. The van der Waals surface area contributed by atoms with Gasteiger partial charge < -0.3 is 8.83 Å². The van der Waals surface area contributed by atoms with Crippen molar-refractivity contribution in [2.75, 3.05) is 0 Å². The van der Waals surface area contributed by atoms with Crippen LogP contribution in [0.2, 0.25) is 0 Å². The summed E-state index contributed by atoms with van der Waals surface area (Å²) in [7, 11) is 0. The van der Waals surface area contributed by atoms with Gasteiger partial charge in [0.25, 0.3) is 0 Å². The van der Waals surface area contributed by atoms with Crippen LogP contribution in [0.5, 0.6) is 0 Å². The van der Waals surface area contributed by atoms with Gasteiger partial charge in [0.15, 0.2) is 17.5 Å². The number of benzene rings is 8. The van der Waals surface area contributed by atoms with E-state index in [0.717, 1.165) is 93.9 Å². The molecule has 0 fully saturated rings. The number of fused-ring (bicyclic) bond motifs is 6. The lowest BCUT2D eigenvalue weighted by atomic mass is 9.95. The van der Waals surface area contributed by atoms with Crippen molar-refractivity contribution in [1.29, 1.82) is 0 Å². The van der Waals surface area contributed by atoms with E-state index in [4.69, 9.17) is 23.8 Å². The van der Waals surface area contributed by atoms with E-state index in [1.165, 1.54) is 0 Å². The summed E-state index contributed by atoms with van der Waals surface area (Å²) in [5.41, 5.74) is 12.6. The number of furan rings is 2. The van der Waals surface area contributed by atoms with Crippen molar-refractivity contribution in [3.63, 3.8) is 0 Å². The molecule has 262 valence electrons. The predicted octanol–water partition coefficient (Wildman–Crippen LogP) is 13.7. The van der Waals surface area contributed by atoms with E-state index in [1.54, 1.807) is 0 Å². The lowest BCUT2D eigenvalue weighted by Gasteiger charge is -2.09. The summed E-state index contributed by atoms with van der Waals surface area (Å²) >= 11 is 0. The molecule has 0 aliphatic heterocycles. The molecule has 0 atom stereocenters. The second-order valence-electron chi connectivity index (χ2n) is 14.0. The van der Waals surface area contributed by atoms with E-state index in [2.05, 4.69) is 127 Å². The van der Waals surface area contributed by atoms with Crippen LogP contribution in [0.25, 0.3) is 111 Å². The summed E-state index contributed by atoms with van der Waals surface area (Å²) < 4.78 is 13.1. The fourth-order valence-electron chi connectivity index (χ4n) is 7.76. The van der Waals surface area contributed by atoms with Crippen LogP contribution in [0, 0.1) is 0 Å². The lowest BCUT2D eigenvalue weighted by Crippen LogP contribution is -2.00. The van der Waals surface area contributed by atoms with E-state index < -0.39 is 0 Å². The minimum absolute atomic E-state index is 0.552. The van der Waals surface area contributed by atoms with Crippen LogP contribution in [0.1, 0.15) is 0 Å². The number of nitrogens with zero attached hydrogens (tertiary/aromatic N) is 3. The van der Waals surface area contributed by atoms with Gasteiger partial charge in [-0.25, -0.2) is 15.0 Å². The molecule has 0 aliphatic carbocycles. The molecule has 0 aliphatic rings. The van der Waals surface area contributed by atoms with E-state index in [-0.39, 0.29) is 0 Å². The third kappa shape index (κ3) is 5.45. The van der Waals surface area contributed by atoms with Gasteiger partial charge in [-0.05, 0) is 64.2 Å². The molecule has 0 bridgehead atoms. The standard InChI is InChI=1S/C51H31N3O2/c1-4-13-32(14-5-1)33-23-25-36(26-24-33)50-52-49(35-17-8-3-9-18-35)53-51(54-50)41-21-12-20-40-43-29-37(27-28-46(43)56-47(40)41)38-30-42(34-15-6-2-7-16-34)48-44(31-38)39-19-10-11-22-45(39)55-48/h1-31H. The average Bonchev–Trinajstić information content (AvgIpc) is 3.85. The molecule has 0 unspecified atom stereocenters. The van der Waals surface area contributed by atoms with Crippen molar-refractivity contribution in [2.24, 2.45) is 0 Å². The summed E-state index contributed by atoms with van der Waals surface area (Å²) in [4.78, 5) is 15.1. The Morgan fingerprint density at radius 2 is 0.768 bits per heavy atom. The topological polar surface area (TPSA) is 65.0 Å². The van der Waals surface area contributed by atoms with E-state index in [1.807, 2.05) is 60.7 Å². The van der Waals surface area contributed by atoms with Gasteiger partial charge in [-0.3, -0.25) is 0 Å². The Morgan fingerprint density at radius 3 is 1.50 bits per heavy atom. The normalized spacial score (nSPS) is 11.6. The Hall–Kier alpha value is -7.63. The van der Waals surface area contributed by atoms with Crippen LogP contribution in [0.4, 0.5) is 0 Å². The first-order valence-electron chi connectivity index (χ1n) is 18.7. The predicted molar refractivity (Wildman–Crippen MR) is 227 cm³/mol. The highest BCUT2D eigenvalue weighted by atomic mass is 16.3. The molecule has 0 amide bonds. The second kappa shape index (κ2) is 13.0. The van der Waals surface area contributed by atoms with Crippen LogP contribution in [0.3, 0.4) is 0 Å². The van der Waals surface area contributed by atoms with Crippen molar-refractivity contribution in [3.05, 3.63) is 188 Å². The summed E-state index contributed by atoms with van der Waals surface area (Å²) in [6.45, 7) is 0. The highest BCUT2D eigenvalue weighted by Crippen LogP contribution is 2.42. The van der Waals surface area contributed by atoms with Crippen molar-refractivity contribution in [3.8, 4) is 67.5 Å². The van der Waals surface area contributed by atoms with Crippen LogP contribution < -0.4 is 0 Å². The highest BCUT2D eigenvalue weighted by molar-refractivity contribution is 6.13. The Balaban J connectivity index is 1.06. The molecule has 11 rings (SSSR count). The van der Waals surface area contributed by atoms with Crippen molar-refractivity contribution in [2.45, 2.75) is 0 Å². The molecular formula is C51H31N3O2. The molecule has 11 aromatic rings. The molecule has 3 heterocycles. The van der Waals surface area contributed by atoms with Crippen LogP contribution >= 0.6 is 0 Å². The molecule has 0 radical (unpaired) electrons. The summed E-state index contributed by atoms with van der Waals surface area (Å²) in [5.74, 6) is 1.75. The fraction of sp³-hybridized carbons (Fsp3) is 0. The maximum atomic E-state index is 6.68. The maximum absolute atomic E-state index is 6.68. The van der Waals surface area contributed by atoms with Gasteiger partial charge in [0.05, 0.1) is 5.56 Å². The summed E-state index contributed by atoms with van der Waals surface area (Å²) in [6, 6.07) is 64.6. The first kappa shape index (κ1) is 31.9. The number of hydrogen-bond acceptors (Lipinski definition) is 5. The molecule has 8 aromatic carbocycles. The quantitative estimate of drug-likeness (QED) is 0.171. The van der Waals surface area contributed by atoms with Gasteiger partial charge in [-0.15, -0.1) is 0 Å². The first-order chi connectivity index (χ1) is 27.7. The molecule has 5 nitrogen and oxygen atoms in total. The van der Waals surface area contributed by atoms with Crippen LogP contribution in [-0.2, 0) is 0 Å². The van der Waals surface area contributed by atoms with Gasteiger partial charge in [0.1, 0.15) is 22.3 Å². The van der Waals surface area contributed by atoms with Crippen molar-refractivity contribution < 1.29 is 8.83 Å². The van der Waals surface area contributed by atoms with Gasteiger partial charge in [0.2, 0.25) is 0 Å². The number of aromatic nitrogens is 3. The van der Waals surface area contributed by atoms with Gasteiger partial charge >= 0.3 is 0 Å². The number of rotatable bonds is 6. The SMILES string of the molecule is c1ccc(-c2ccc(-c3nc(-c4ccccc4)nc(-c4cccc5c4oc4ccc(-c6cc(-c7ccccc7)c7oc8ccccc8c7c6)cc45)n3)cc2)cc1. The molecule has 0 spiro atoms. The molecule has 56 heavy (non-hydrogen) atoms. The zero-order chi connectivity index (χ0) is 37.0. The fourth-order valence-corrected chi connectivity index (χ4v) is 7.76. The monoisotopic (exact) mass is 717 g/mol. The summed E-state index contributed by atoms with van der Waals surface area (Å²) in [6.07, 6.45) is 0. The van der Waals surface area contributed by atoms with Crippen molar-refractivity contribution in [1.82, 2.24) is 15.0 Å². The average molecular weight is 718 g/mol. The number of hydrogen-bond donors (Lipinski definition) is 0.